The van der Waals surface area contributed by atoms with E-state index in [9.17, 15) is 0 Å². The molecule has 19 heavy (non-hydrogen) atoms. The SMILES string of the molecule is COCc1nc(Cl)cc(N2CCCC2CCCO)n1. The Labute approximate surface area is 118 Å². The summed E-state index contributed by atoms with van der Waals surface area (Å²) in [5, 5.41) is 9.41. The van der Waals surface area contributed by atoms with Crippen molar-refractivity contribution in [2.45, 2.75) is 38.3 Å². The maximum absolute atomic E-state index is 8.96. The summed E-state index contributed by atoms with van der Waals surface area (Å²) in [7, 11) is 1.61. The van der Waals surface area contributed by atoms with Crippen LogP contribution in [0.3, 0.4) is 0 Å². The zero-order valence-electron chi connectivity index (χ0n) is 11.2. The van der Waals surface area contributed by atoms with Crippen molar-refractivity contribution in [3.63, 3.8) is 0 Å². The predicted molar refractivity (Wildman–Crippen MR) is 74.4 cm³/mol. The standard InChI is InChI=1S/C13H20ClN3O2/c1-19-9-12-15-11(14)8-13(16-12)17-6-2-4-10(17)5-3-7-18/h8,10,18H,2-7,9H2,1H3. The molecule has 106 valence electrons. The number of aliphatic hydroxyl groups is 1. The molecule has 0 aromatic carbocycles. The van der Waals surface area contributed by atoms with E-state index in [1.807, 2.05) is 0 Å². The van der Waals surface area contributed by atoms with Gasteiger partial charge in [0.1, 0.15) is 17.6 Å². The molecule has 0 aliphatic carbocycles. The van der Waals surface area contributed by atoms with E-state index in [1.165, 1.54) is 0 Å². The molecule has 1 unspecified atom stereocenters. The van der Waals surface area contributed by atoms with Gasteiger partial charge in [0.2, 0.25) is 0 Å². The summed E-state index contributed by atoms with van der Waals surface area (Å²) in [6, 6.07) is 2.24. The Morgan fingerprint density at radius 1 is 1.53 bits per heavy atom. The van der Waals surface area contributed by atoms with Gasteiger partial charge in [-0.05, 0) is 25.7 Å². The second-order valence-electron chi connectivity index (χ2n) is 4.75. The first kappa shape index (κ1) is 14.5. The minimum atomic E-state index is 0.240. The number of anilines is 1. The Kier molecular flexibility index (Phi) is 5.36. The fraction of sp³-hybridized carbons (Fsp3) is 0.692. The van der Waals surface area contributed by atoms with Gasteiger partial charge in [-0.15, -0.1) is 0 Å². The van der Waals surface area contributed by atoms with E-state index in [0.29, 0.717) is 23.6 Å². The van der Waals surface area contributed by atoms with Crippen molar-refractivity contribution >= 4 is 17.4 Å². The van der Waals surface area contributed by atoms with Gasteiger partial charge in [0, 0.05) is 32.4 Å². The van der Waals surface area contributed by atoms with Gasteiger partial charge in [-0.3, -0.25) is 0 Å². The number of nitrogens with zero attached hydrogens (tertiary/aromatic N) is 3. The monoisotopic (exact) mass is 285 g/mol. The van der Waals surface area contributed by atoms with Gasteiger partial charge in [-0.1, -0.05) is 11.6 Å². The minimum absolute atomic E-state index is 0.240. The van der Waals surface area contributed by atoms with Crippen molar-refractivity contribution < 1.29 is 9.84 Å². The second kappa shape index (κ2) is 7.03. The Balaban J connectivity index is 2.15. The number of hydrogen-bond acceptors (Lipinski definition) is 5. The topological polar surface area (TPSA) is 58.5 Å². The van der Waals surface area contributed by atoms with Crippen LogP contribution in [0.2, 0.25) is 5.15 Å². The molecule has 0 radical (unpaired) electrons. The molecule has 0 bridgehead atoms. The lowest BCUT2D eigenvalue weighted by molar-refractivity contribution is 0.178. The van der Waals surface area contributed by atoms with Crippen molar-refractivity contribution in [3.8, 4) is 0 Å². The first-order valence-corrected chi connectivity index (χ1v) is 7.02. The van der Waals surface area contributed by atoms with Gasteiger partial charge in [-0.2, -0.15) is 0 Å². The van der Waals surface area contributed by atoms with Gasteiger partial charge in [0.25, 0.3) is 0 Å². The van der Waals surface area contributed by atoms with E-state index in [-0.39, 0.29) is 6.61 Å². The highest BCUT2D eigenvalue weighted by atomic mass is 35.5. The van der Waals surface area contributed by atoms with Gasteiger partial charge in [0.05, 0.1) is 0 Å². The maximum Gasteiger partial charge on any atom is 0.158 e. The third-order valence-corrected chi connectivity index (χ3v) is 3.56. The average Bonchev–Trinajstić information content (AvgIpc) is 2.84. The lowest BCUT2D eigenvalue weighted by Gasteiger charge is -2.26. The third-order valence-electron chi connectivity index (χ3n) is 3.37. The molecule has 1 aliphatic heterocycles. The zero-order chi connectivity index (χ0) is 13.7. The highest BCUT2D eigenvalue weighted by Crippen LogP contribution is 2.28. The molecule has 2 heterocycles. The van der Waals surface area contributed by atoms with Gasteiger partial charge in [-0.25, -0.2) is 9.97 Å². The van der Waals surface area contributed by atoms with Crippen molar-refractivity contribution in [2.75, 3.05) is 25.2 Å². The molecule has 5 nitrogen and oxygen atoms in total. The molecule has 1 aliphatic rings. The van der Waals surface area contributed by atoms with Gasteiger partial charge in [0.15, 0.2) is 5.82 Å². The van der Waals surface area contributed by atoms with E-state index in [0.717, 1.165) is 38.0 Å². The molecular weight excluding hydrogens is 266 g/mol. The molecule has 0 spiro atoms. The normalized spacial score (nSPS) is 19.1. The Morgan fingerprint density at radius 2 is 2.37 bits per heavy atom. The van der Waals surface area contributed by atoms with Crippen LogP contribution in [0.5, 0.6) is 0 Å². The Hall–Kier alpha value is -0.910. The largest absolute Gasteiger partial charge is 0.396 e. The van der Waals surface area contributed by atoms with Crippen molar-refractivity contribution in [3.05, 3.63) is 17.0 Å². The van der Waals surface area contributed by atoms with Crippen LogP contribution in [-0.2, 0) is 11.3 Å². The molecule has 2 rings (SSSR count). The number of ether oxygens (including phenoxy) is 1. The maximum atomic E-state index is 8.96. The number of halogens is 1. The van der Waals surface area contributed by atoms with E-state index < -0.39 is 0 Å². The summed E-state index contributed by atoms with van der Waals surface area (Å²) in [4.78, 5) is 10.9. The highest BCUT2D eigenvalue weighted by Gasteiger charge is 2.25. The van der Waals surface area contributed by atoms with Crippen LogP contribution in [-0.4, -0.2) is 41.4 Å². The van der Waals surface area contributed by atoms with Gasteiger partial charge < -0.3 is 14.7 Å². The molecule has 1 fully saturated rings. The van der Waals surface area contributed by atoms with E-state index in [4.69, 9.17) is 21.4 Å². The van der Waals surface area contributed by atoms with Crippen molar-refractivity contribution in [1.82, 2.24) is 9.97 Å². The summed E-state index contributed by atoms with van der Waals surface area (Å²) in [5.74, 6) is 1.48. The molecule has 0 saturated carbocycles. The molecular formula is C13H20ClN3O2. The molecule has 1 aromatic rings. The first-order chi connectivity index (χ1) is 9.24. The third kappa shape index (κ3) is 3.78. The smallest absolute Gasteiger partial charge is 0.158 e. The summed E-state index contributed by atoms with van der Waals surface area (Å²) in [6.45, 7) is 1.59. The second-order valence-corrected chi connectivity index (χ2v) is 5.14. The molecule has 0 amide bonds. The summed E-state index contributed by atoms with van der Waals surface area (Å²) in [6.07, 6.45) is 4.10. The number of methoxy groups -OCH3 is 1. The summed E-state index contributed by atoms with van der Waals surface area (Å²) in [5.41, 5.74) is 0. The van der Waals surface area contributed by atoms with Crippen LogP contribution >= 0.6 is 11.6 Å². The molecule has 1 aromatic heterocycles. The predicted octanol–water partition coefficient (Wildman–Crippen LogP) is 2.02. The number of aliphatic hydroxyl groups excluding tert-OH is 1. The molecule has 1 saturated heterocycles. The van der Waals surface area contributed by atoms with E-state index >= 15 is 0 Å². The fourth-order valence-corrected chi connectivity index (χ4v) is 2.75. The number of hydrogen-bond donors (Lipinski definition) is 1. The van der Waals surface area contributed by atoms with Crippen LogP contribution in [0.15, 0.2) is 6.07 Å². The Morgan fingerprint density at radius 3 is 3.11 bits per heavy atom. The Bertz CT molecular complexity index is 417. The van der Waals surface area contributed by atoms with Crippen LogP contribution in [0.4, 0.5) is 5.82 Å². The highest BCUT2D eigenvalue weighted by molar-refractivity contribution is 6.29. The van der Waals surface area contributed by atoms with Gasteiger partial charge >= 0.3 is 0 Å². The fourth-order valence-electron chi connectivity index (χ4n) is 2.56. The molecule has 6 heteroatoms. The molecule has 1 atom stereocenters. The van der Waals surface area contributed by atoms with Crippen LogP contribution in [0, 0.1) is 0 Å². The van der Waals surface area contributed by atoms with E-state index in [1.54, 1.807) is 13.2 Å². The number of aromatic nitrogens is 2. The van der Waals surface area contributed by atoms with Crippen molar-refractivity contribution in [1.29, 1.82) is 0 Å². The number of rotatable bonds is 6. The van der Waals surface area contributed by atoms with Crippen LogP contribution in [0.1, 0.15) is 31.5 Å². The minimum Gasteiger partial charge on any atom is -0.396 e. The van der Waals surface area contributed by atoms with Crippen LogP contribution < -0.4 is 4.90 Å². The van der Waals surface area contributed by atoms with E-state index in [2.05, 4.69) is 14.9 Å². The zero-order valence-corrected chi connectivity index (χ0v) is 11.9. The lowest BCUT2D eigenvalue weighted by Crippen LogP contribution is -2.30. The van der Waals surface area contributed by atoms with Crippen LogP contribution in [0.25, 0.3) is 0 Å². The average molecular weight is 286 g/mol. The summed E-state index contributed by atoms with van der Waals surface area (Å²) < 4.78 is 5.06. The quantitative estimate of drug-likeness (QED) is 0.811. The lowest BCUT2D eigenvalue weighted by atomic mass is 10.1. The molecule has 1 N–H and O–H groups in total. The van der Waals surface area contributed by atoms with Crippen molar-refractivity contribution in [2.24, 2.45) is 0 Å². The summed E-state index contributed by atoms with van der Waals surface area (Å²) >= 11 is 6.04. The first-order valence-electron chi connectivity index (χ1n) is 6.64.